The van der Waals surface area contributed by atoms with Gasteiger partial charge in [-0.05, 0) is 55.5 Å². The van der Waals surface area contributed by atoms with E-state index in [0.29, 0.717) is 0 Å². The zero-order valence-electron chi connectivity index (χ0n) is 9.97. The molecule has 0 aliphatic heterocycles. The molecule has 0 amide bonds. The number of aliphatic imine (C=N–C) groups is 1. The highest BCUT2D eigenvalue weighted by atomic mass is 32.1. The fourth-order valence-electron chi connectivity index (χ4n) is 1.45. The van der Waals surface area contributed by atoms with Crippen LogP contribution in [-0.2, 0) is 0 Å². The normalized spacial score (nSPS) is 8.94. The number of benzene rings is 2. The number of hydrogen-bond donors (Lipinski definition) is 0. The topological polar surface area (TPSA) is 12.4 Å². The van der Waals surface area contributed by atoms with Gasteiger partial charge in [0.1, 0.15) is 0 Å². The molecule has 0 saturated carbocycles. The number of thiocarbonyl (C=S) groups is 1. The molecule has 0 saturated heterocycles. The summed E-state index contributed by atoms with van der Waals surface area (Å²) in [4.78, 5) is 3.89. The molecule has 0 bridgehead atoms. The van der Waals surface area contributed by atoms with Gasteiger partial charge < -0.3 is 0 Å². The van der Waals surface area contributed by atoms with E-state index in [-0.39, 0.29) is 0 Å². The van der Waals surface area contributed by atoms with Crippen LogP contribution in [0.2, 0.25) is 0 Å². The third-order valence-corrected chi connectivity index (χ3v) is 2.54. The van der Waals surface area contributed by atoms with Gasteiger partial charge in [0.15, 0.2) is 0 Å². The summed E-state index contributed by atoms with van der Waals surface area (Å²) in [6.07, 6.45) is 0. The third-order valence-electron chi connectivity index (χ3n) is 2.44. The van der Waals surface area contributed by atoms with Crippen LogP contribution in [-0.4, -0.2) is 5.16 Å². The second-order valence-corrected chi connectivity index (χ2v) is 4.05. The Labute approximate surface area is 112 Å². The van der Waals surface area contributed by atoms with Gasteiger partial charge in [-0.25, -0.2) is 0 Å². The van der Waals surface area contributed by atoms with Crippen molar-refractivity contribution >= 4 is 23.1 Å². The molecule has 0 fully saturated rings. The predicted octanol–water partition coefficient (Wildman–Crippen LogP) is 4.13. The minimum absolute atomic E-state index is 0.797. The highest BCUT2D eigenvalue weighted by Crippen LogP contribution is 2.11. The van der Waals surface area contributed by atoms with Crippen LogP contribution in [0.3, 0.4) is 0 Å². The molecule has 0 aromatic heterocycles. The van der Waals surface area contributed by atoms with E-state index in [1.807, 2.05) is 36.4 Å². The van der Waals surface area contributed by atoms with Crippen LogP contribution in [0.1, 0.15) is 16.7 Å². The second kappa shape index (κ2) is 5.93. The van der Waals surface area contributed by atoms with Crippen molar-refractivity contribution in [3.63, 3.8) is 0 Å². The Morgan fingerprint density at radius 2 is 1.33 bits per heavy atom. The lowest BCUT2D eigenvalue weighted by Gasteiger charge is -1.93. The van der Waals surface area contributed by atoms with E-state index in [0.717, 1.165) is 16.8 Å². The molecule has 0 aliphatic carbocycles. The molecule has 1 nitrogen and oxygen atoms in total. The van der Waals surface area contributed by atoms with Crippen molar-refractivity contribution in [1.29, 1.82) is 0 Å². The van der Waals surface area contributed by atoms with E-state index in [1.54, 1.807) is 0 Å². The first-order chi connectivity index (χ1) is 8.78. The lowest BCUT2D eigenvalue weighted by molar-refractivity contribution is 1.46. The van der Waals surface area contributed by atoms with Crippen LogP contribution in [0.25, 0.3) is 0 Å². The van der Waals surface area contributed by atoms with Crippen LogP contribution in [0.5, 0.6) is 0 Å². The summed E-state index contributed by atoms with van der Waals surface area (Å²) < 4.78 is 0. The third kappa shape index (κ3) is 3.40. The average Bonchev–Trinajstić information content (AvgIpc) is 2.40. The maximum Gasteiger partial charge on any atom is 0.0740 e. The van der Waals surface area contributed by atoms with E-state index in [2.05, 4.69) is 53.3 Å². The molecule has 86 valence electrons. The summed E-state index contributed by atoms with van der Waals surface area (Å²) in [6.45, 7) is 2.06. The molecular formula is C16H11NS. The van der Waals surface area contributed by atoms with Gasteiger partial charge in [-0.15, -0.1) is 0 Å². The van der Waals surface area contributed by atoms with Gasteiger partial charge in [-0.2, -0.15) is 4.99 Å². The van der Waals surface area contributed by atoms with Crippen LogP contribution >= 0.6 is 12.2 Å². The minimum Gasteiger partial charge on any atom is -0.195 e. The number of rotatable bonds is 1. The number of hydrogen-bond acceptors (Lipinski definition) is 2. The van der Waals surface area contributed by atoms with E-state index < -0.39 is 0 Å². The van der Waals surface area contributed by atoms with Gasteiger partial charge in [-0.3, -0.25) is 0 Å². The molecule has 0 aliphatic rings. The fourth-order valence-corrected chi connectivity index (χ4v) is 1.56. The van der Waals surface area contributed by atoms with Gasteiger partial charge in [0.25, 0.3) is 0 Å². The zero-order valence-corrected chi connectivity index (χ0v) is 10.8. The number of isothiocyanates is 1. The SMILES string of the molecule is Cc1ccc(C#Cc2ccc(N=C=S)cc2)cc1. The Balaban J connectivity index is 2.19. The Bertz CT molecular complexity index is 636. The van der Waals surface area contributed by atoms with Crippen molar-refractivity contribution in [2.75, 3.05) is 0 Å². The lowest BCUT2D eigenvalue weighted by Crippen LogP contribution is -1.76. The zero-order chi connectivity index (χ0) is 12.8. The first-order valence-corrected chi connectivity index (χ1v) is 5.95. The maximum atomic E-state index is 4.55. The van der Waals surface area contributed by atoms with Crippen molar-refractivity contribution in [3.8, 4) is 11.8 Å². The standard InChI is InChI=1S/C16H11NS/c1-13-2-4-14(5-3-13)6-7-15-8-10-16(11-9-15)17-12-18/h2-5,8-11H,1H3. The van der Waals surface area contributed by atoms with Crippen LogP contribution in [0.15, 0.2) is 53.5 Å². The maximum absolute atomic E-state index is 4.55. The Morgan fingerprint density at radius 1 is 0.833 bits per heavy atom. The van der Waals surface area contributed by atoms with Gasteiger partial charge in [0, 0.05) is 11.1 Å². The Hall–Kier alpha value is -2.20. The molecule has 0 N–H and O–H groups in total. The monoisotopic (exact) mass is 249 g/mol. The second-order valence-electron chi connectivity index (χ2n) is 3.87. The summed E-state index contributed by atoms with van der Waals surface area (Å²) in [6, 6.07) is 15.7. The van der Waals surface area contributed by atoms with Crippen LogP contribution < -0.4 is 0 Å². The lowest BCUT2D eigenvalue weighted by atomic mass is 10.1. The molecular weight excluding hydrogens is 238 g/mol. The predicted molar refractivity (Wildman–Crippen MR) is 78.3 cm³/mol. The molecule has 0 spiro atoms. The Morgan fingerprint density at radius 3 is 1.83 bits per heavy atom. The summed E-state index contributed by atoms with van der Waals surface area (Å²) in [5, 5.41) is 2.34. The van der Waals surface area contributed by atoms with Crippen molar-refractivity contribution in [2.45, 2.75) is 6.92 Å². The molecule has 18 heavy (non-hydrogen) atoms. The van der Waals surface area contributed by atoms with Crippen LogP contribution in [0.4, 0.5) is 5.69 Å². The molecule has 2 rings (SSSR count). The number of aryl methyl sites for hydroxylation is 1. The van der Waals surface area contributed by atoms with E-state index >= 15 is 0 Å². The molecule has 2 aromatic carbocycles. The number of nitrogens with zero attached hydrogens (tertiary/aromatic N) is 1. The largest absolute Gasteiger partial charge is 0.195 e. The first-order valence-electron chi connectivity index (χ1n) is 5.54. The molecule has 2 aromatic rings. The van der Waals surface area contributed by atoms with Gasteiger partial charge in [0.05, 0.1) is 10.8 Å². The fraction of sp³-hybridized carbons (Fsp3) is 0.0625. The average molecular weight is 249 g/mol. The molecule has 0 heterocycles. The van der Waals surface area contributed by atoms with E-state index in [1.165, 1.54) is 5.56 Å². The summed E-state index contributed by atoms with van der Waals surface area (Å²) in [5.74, 6) is 6.23. The quantitative estimate of drug-likeness (QED) is 0.420. The summed E-state index contributed by atoms with van der Waals surface area (Å²) in [7, 11) is 0. The van der Waals surface area contributed by atoms with Crippen molar-refractivity contribution in [2.24, 2.45) is 4.99 Å². The highest BCUT2D eigenvalue weighted by molar-refractivity contribution is 7.78. The summed E-state index contributed by atoms with van der Waals surface area (Å²) in [5.41, 5.74) is 4.01. The first kappa shape index (κ1) is 12.3. The van der Waals surface area contributed by atoms with Gasteiger partial charge in [-0.1, -0.05) is 29.5 Å². The molecule has 0 atom stereocenters. The minimum atomic E-state index is 0.797. The van der Waals surface area contributed by atoms with E-state index in [9.17, 15) is 0 Å². The smallest absolute Gasteiger partial charge is 0.0740 e. The van der Waals surface area contributed by atoms with Crippen molar-refractivity contribution < 1.29 is 0 Å². The van der Waals surface area contributed by atoms with Gasteiger partial charge in [0.2, 0.25) is 0 Å². The molecule has 0 radical (unpaired) electrons. The highest BCUT2D eigenvalue weighted by Gasteiger charge is 1.89. The van der Waals surface area contributed by atoms with Crippen molar-refractivity contribution in [3.05, 3.63) is 65.2 Å². The van der Waals surface area contributed by atoms with Crippen molar-refractivity contribution in [1.82, 2.24) is 0 Å². The van der Waals surface area contributed by atoms with Gasteiger partial charge >= 0.3 is 0 Å². The van der Waals surface area contributed by atoms with Crippen LogP contribution in [0, 0.1) is 18.8 Å². The molecule has 0 unspecified atom stereocenters. The van der Waals surface area contributed by atoms with E-state index in [4.69, 9.17) is 0 Å². The molecule has 2 heteroatoms. The summed E-state index contributed by atoms with van der Waals surface area (Å²) >= 11 is 4.55. The Kier molecular flexibility index (Phi) is 4.04.